The lowest BCUT2D eigenvalue weighted by atomic mass is 10.2. The monoisotopic (exact) mass is 155 g/mol. The number of H-pyrrole nitrogens is 1. The lowest BCUT2D eigenvalue weighted by Crippen LogP contribution is -1.72. The Balaban J connectivity index is 2.95. The van der Waals surface area contributed by atoms with Crippen LogP contribution in [0.5, 0.6) is 0 Å². The molecule has 1 nitrogen and oxygen atoms in total. The Labute approximate surface area is 65.7 Å². The van der Waals surface area contributed by atoms with E-state index in [2.05, 4.69) is 4.98 Å². The highest BCUT2D eigenvalue weighted by atomic mass is 35.5. The van der Waals surface area contributed by atoms with Crippen LogP contribution in [0.25, 0.3) is 6.08 Å². The van der Waals surface area contributed by atoms with Crippen LogP contribution in [-0.2, 0) is 0 Å². The van der Waals surface area contributed by atoms with Crippen LogP contribution in [0.4, 0.5) is 0 Å². The zero-order valence-corrected chi connectivity index (χ0v) is 6.87. The van der Waals surface area contributed by atoms with Gasteiger partial charge in [0, 0.05) is 16.9 Å². The van der Waals surface area contributed by atoms with Crippen LogP contribution in [0.2, 0.25) is 0 Å². The molecule has 1 N–H and O–H groups in total. The summed E-state index contributed by atoms with van der Waals surface area (Å²) in [6.07, 6.45) is 3.84. The molecule has 0 aliphatic heterocycles. The van der Waals surface area contributed by atoms with Gasteiger partial charge in [-0.05, 0) is 31.6 Å². The molecular weight excluding hydrogens is 146 g/mol. The second kappa shape index (κ2) is 2.93. The Bertz CT molecular complexity index is 244. The third-order valence-corrected chi connectivity index (χ3v) is 1.46. The Morgan fingerprint density at radius 3 is 2.80 bits per heavy atom. The summed E-state index contributed by atoms with van der Waals surface area (Å²) in [4.78, 5) is 3.07. The first-order valence-corrected chi connectivity index (χ1v) is 3.55. The number of allylic oxidation sites excluding steroid dienone is 1. The number of halogens is 1. The molecule has 2 heteroatoms. The Kier molecular flexibility index (Phi) is 2.17. The van der Waals surface area contributed by atoms with Crippen molar-refractivity contribution in [1.82, 2.24) is 4.98 Å². The summed E-state index contributed by atoms with van der Waals surface area (Å²) >= 11 is 5.69. The third kappa shape index (κ3) is 1.64. The average molecular weight is 156 g/mol. The van der Waals surface area contributed by atoms with Gasteiger partial charge >= 0.3 is 0 Å². The Morgan fingerprint density at radius 1 is 1.70 bits per heavy atom. The van der Waals surface area contributed by atoms with Gasteiger partial charge in [-0.25, -0.2) is 0 Å². The summed E-state index contributed by atoms with van der Waals surface area (Å²) in [5.41, 5.74) is 2.31. The molecule has 0 saturated heterocycles. The van der Waals surface area contributed by atoms with E-state index in [1.165, 1.54) is 0 Å². The molecule has 0 amide bonds. The Hall–Kier alpha value is -0.690. The lowest BCUT2D eigenvalue weighted by Gasteiger charge is -1.89. The van der Waals surface area contributed by atoms with E-state index in [0.717, 1.165) is 16.3 Å². The van der Waals surface area contributed by atoms with Crippen molar-refractivity contribution in [1.29, 1.82) is 0 Å². The topological polar surface area (TPSA) is 15.8 Å². The molecule has 0 bridgehead atoms. The fourth-order valence-electron chi connectivity index (χ4n) is 0.835. The van der Waals surface area contributed by atoms with Gasteiger partial charge in [-0.2, -0.15) is 0 Å². The van der Waals surface area contributed by atoms with E-state index in [-0.39, 0.29) is 0 Å². The minimum Gasteiger partial charge on any atom is -0.365 e. The predicted octanol–water partition coefficient (Wildman–Crippen LogP) is 2.92. The molecule has 0 aliphatic rings. The molecule has 1 heterocycles. The molecule has 0 fully saturated rings. The molecule has 0 unspecified atom stereocenters. The van der Waals surface area contributed by atoms with Gasteiger partial charge in [-0.3, -0.25) is 0 Å². The largest absolute Gasteiger partial charge is 0.365 e. The molecule has 0 radical (unpaired) electrons. The van der Waals surface area contributed by atoms with Crippen molar-refractivity contribution in [2.24, 2.45) is 0 Å². The molecule has 1 aromatic rings. The summed E-state index contributed by atoms with van der Waals surface area (Å²) in [6, 6.07) is 2.00. The first-order valence-electron chi connectivity index (χ1n) is 3.18. The van der Waals surface area contributed by atoms with Crippen LogP contribution < -0.4 is 0 Å². The summed E-state index contributed by atoms with van der Waals surface area (Å²) in [5, 5.41) is 0.808. The van der Waals surface area contributed by atoms with Crippen molar-refractivity contribution in [2.75, 3.05) is 0 Å². The molecule has 1 aromatic heterocycles. The molecule has 0 saturated carbocycles. The fourth-order valence-corrected chi connectivity index (χ4v) is 0.953. The van der Waals surface area contributed by atoms with Crippen LogP contribution >= 0.6 is 11.6 Å². The highest BCUT2D eigenvalue weighted by Crippen LogP contribution is 2.11. The van der Waals surface area contributed by atoms with Crippen LogP contribution in [0, 0.1) is 6.92 Å². The number of hydrogen-bond donors (Lipinski definition) is 1. The van der Waals surface area contributed by atoms with E-state index in [4.69, 9.17) is 11.6 Å². The standard InChI is InChI=1S/C8H10ClN/c1-6(9)5-8-3-4-10-7(8)2/h3-5,10H,1-2H3/b6-5+. The molecule has 0 aliphatic carbocycles. The van der Waals surface area contributed by atoms with Crippen molar-refractivity contribution in [2.45, 2.75) is 13.8 Å². The highest BCUT2D eigenvalue weighted by molar-refractivity contribution is 6.31. The zero-order valence-electron chi connectivity index (χ0n) is 6.11. The van der Waals surface area contributed by atoms with Crippen molar-refractivity contribution < 1.29 is 0 Å². The predicted molar refractivity (Wildman–Crippen MR) is 45.0 cm³/mol. The van der Waals surface area contributed by atoms with Gasteiger partial charge in [0.15, 0.2) is 0 Å². The van der Waals surface area contributed by atoms with Gasteiger partial charge in [0.1, 0.15) is 0 Å². The minimum absolute atomic E-state index is 0.808. The van der Waals surface area contributed by atoms with E-state index in [0.29, 0.717) is 0 Å². The molecule has 0 spiro atoms. The number of aromatic amines is 1. The number of nitrogens with one attached hydrogen (secondary N) is 1. The van der Waals surface area contributed by atoms with Crippen molar-refractivity contribution in [3.63, 3.8) is 0 Å². The van der Waals surface area contributed by atoms with Crippen molar-refractivity contribution in [3.8, 4) is 0 Å². The first kappa shape index (κ1) is 7.42. The van der Waals surface area contributed by atoms with E-state index >= 15 is 0 Å². The maximum atomic E-state index is 5.69. The normalized spacial score (nSPS) is 12.1. The lowest BCUT2D eigenvalue weighted by molar-refractivity contribution is 1.26. The van der Waals surface area contributed by atoms with Crippen molar-refractivity contribution in [3.05, 3.63) is 28.6 Å². The third-order valence-electron chi connectivity index (χ3n) is 1.35. The van der Waals surface area contributed by atoms with Gasteiger partial charge in [-0.1, -0.05) is 11.6 Å². The van der Waals surface area contributed by atoms with E-state index in [1.807, 2.05) is 32.2 Å². The average Bonchev–Trinajstić information content (AvgIpc) is 2.15. The molecule has 0 aromatic carbocycles. The quantitative estimate of drug-likeness (QED) is 0.642. The number of rotatable bonds is 1. The maximum Gasteiger partial charge on any atom is 0.0189 e. The first-order chi connectivity index (χ1) is 4.70. The molecule has 0 atom stereocenters. The molecular formula is C8H10ClN. The van der Waals surface area contributed by atoms with Gasteiger partial charge in [0.05, 0.1) is 0 Å². The SMILES string of the molecule is C/C(Cl)=C\c1cc[nH]c1C. The summed E-state index contributed by atoms with van der Waals surface area (Å²) in [6.45, 7) is 3.89. The van der Waals surface area contributed by atoms with E-state index in [1.54, 1.807) is 0 Å². The second-order valence-electron chi connectivity index (χ2n) is 2.29. The van der Waals surface area contributed by atoms with Crippen molar-refractivity contribution >= 4 is 17.7 Å². The van der Waals surface area contributed by atoms with Crippen LogP contribution in [0.3, 0.4) is 0 Å². The van der Waals surface area contributed by atoms with Gasteiger partial charge in [0.2, 0.25) is 0 Å². The van der Waals surface area contributed by atoms with Gasteiger partial charge in [0.25, 0.3) is 0 Å². The van der Waals surface area contributed by atoms with Crippen LogP contribution in [0.15, 0.2) is 17.3 Å². The number of hydrogen-bond acceptors (Lipinski definition) is 0. The van der Waals surface area contributed by atoms with Gasteiger partial charge < -0.3 is 4.98 Å². The second-order valence-corrected chi connectivity index (χ2v) is 2.89. The van der Waals surface area contributed by atoms with Crippen LogP contribution in [0.1, 0.15) is 18.2 Å². The highest BCUT2D eigenvalue weighted by Gasteiger charge is 1.92. The molecule has 54 valence electrons. The van der Waals surface area contributed by atoms with E-state index < -0.39 is 0 Å². The zero-order chi connectivity index (χ0) is 7.56. The molecule has 10 heavy (non-hydrogen) atoms. The van der Waals surface area contributed by atoms with Gasteiger partial charge in [-0.15, -0.1) is 0 Å². The maximum absolute atomic E-state index is 5.69. The summed E-state index contributed by atoms with van der Waals surface area (Å²) in [7, 11) is 0. The smallest absolute Gasteiger partial charge is 0.0189 e. The summed E-state index contributed by atoms with van der Waals surface area (Å²) in [5.74, 6) is 0. The van der Waals surface area contributed by atoms with E-state index in [9.17, 15) is 0 Å². The Morgan fingerprint density at radius 2 is 2.40 bits per heavy atom. The minimum atomic E-state index is 0.808. The number of aromatic nitrogens is 1. The summed E-state index contributed by atoms with van der Waals surface area (Å²) < 4.78 is 0. The fraction of sp³-hybridized carbons (Fsp3) is 0.250. The van der Waals surface area contributed by atoms with Crippen LogP contribution in [-0.4, -0.2) is 4.98 Å². The number of aryl methyl sites for hydroxylation is 1. The molecule has 1 rings (SSSR count).